The van der Waals surface area contributed by atoms with Gasteiger partial charge in [0, 0.05) is 48.8 Å². The van der Waals surface area contributed by atoms with Crippen molar-refractivity contribution in [2.75, 3.05) is 0 Å². The van der Waals surface area contributed by atoms with Gasteiger partial charge >= 0.3 is 17.9 Å². The zero-order chi connectivity index (χ0) is 27.7. The van der Waals surface area contributed by atoms with Gasteiger partial charge in [-0.2, -0.15) is 4.99 Å². The van der Waals surface area contributed by atoms with Gasteiger partial charge in [-0.15, -0.1) is 0 Å². The molecule has 0 atom stereocenters. The highest BCUT2D eigenvalue weighted by Gasteiger charge is 2.18. The standard InChI is InChI=1S/C31H24N4O5/c36-29(40-31(38)24-10-14-26(15-11-24)35-21-5-6-22-35)17-16-28(33-27-7-1-2-18-32-27)39-30(37)23-8-12-25(13-9-23)34-19-3-4-20-34/h1-15,18-22H,16-17H2. The van der Waals surface area contributed by atoms with E-state index in [1.165, 1.54) is 0 Å². The molecule has 3 heterocycles. The molecule has 198 valence electrons. The Morgan fingerprint density at radius 3 is 1.65 bits per heavy atom. The third-order valence-electron chi connectivity index (χ3n) is 5.86. The first kappa shape index (κ1) is 26.1. The molecule has 0 unspecified atom stereocenters. The van der Waals surface area contributed by atoms with E-state index in [4.69, 9.17) is 9.47 Å². The van der Waals surface area contributed by atoms with E-state index in [-0.39, 0.29) is 24.3 Å². The monoisotopic (exact) mass is 532 g/mol. The highest BCUT2D eigenvalue weighted by Crippen LogP contribution is 2.15. The number of aromatic nitrogens is 3. The van der Waals surface area contributed by atoms with E-state index in [1.807, 2.05) is 58.2 Å². The van der Waals surface area contributed by atoms with Crippen molar-refractivity contribution in [1.29, 1.82) is 0 Å². The topological polar surface area (TPSA) is 105 Å². The van der Waals surface area contributed by atoms with Crippen molar-refractivity contribution in [1.82, 2.24) is 14.1 Å². The van der Waals surface area contributed by atoms with Crippen LogP contribution in [0.5, 0.6) is 0 Å². The van der Waals surface area contributed by atoms with Gasteiger partial charge in [-0.1, -0.05) is 6.07 Å². The summed E-state index contributed by atoms with van der Waals surface area (Å²) in [6.07, 6.45) is 8.79. The third kappa shape index (κ3) is 6.65. The lowest BCUT2D eigenvalue weighted by molar-refractivity contribution is -0.137. The van der Waals surface area contributed by atoms with Crippen LogP contribution >= 0.6 is 0 Å². The molecule has 40 heavy (non-hydrogen) atoms. The summed E-state index contributed by atoms with van der Waals surface area (Å²) in [5, 5.41) is 0. The molecular weight excluding hydrogens is 508 g/mol. The zero-order valence-corrected chi connectivity index (χ0v) is 21.3. The fourth-order valence-electron chi connectivity index (χ4n) is 3.82. The van der Waals surface area contributed by atoms with Crippen LogP contribution in [-0.4, -0.2) is 37.9 Å². The van der Waals surface area contributed by atoms with Gasteiger partial charge in [-0.3, -0.25) is 4.79 Å². The molecule has 2 aromatic carbocycles. The molecule has 0 amide bonds. The number of esters is 3. The molecule has 9 heteroatoms. The van der Waals surface area contributed by atoms with E-state index in [9.17, 15) is 14.4 Å². The summed E-state index contributed by atoms with van der Waals surface area (Å²) in [6, 6.07) is 26.2. The number of nitrogens with zero attached hydrogens (tertiary/aromatic N) is 4. The second-order valence-electron chi connectivity index (χ2n) is 8.62. The Hall–Kier alpha value is -5.57. The Labute approximate surface area is 230 Å². The first-order chi connectivity index (χ1) is 19.5. The lowest BCUT2D eigenvalue weighted by Crippen LogP contribution is -2.17. The van der Waals surface area contributed by atoms with Gasteiger partial charge < -0.3 is 18.6 Å². The van der Waals surface area contributed by atoms with E-state index in [0.29, 0.717) is 11.4 Å². The normalized spacial score (nSPS) is 11.2. The van der Waals surface area contributed by atoms with Crippen LogP contribution in [0.25, 0.3) is 11.4 Å². The van der Waals surface area contributed by atoms with Gasteiger partial charge in [-0.05, 0) is 84.9 Å². The number of carbonyl (C=O) groups excluding carboxylic acids is 3. The maximum Gasteiger partial charge on any atom is 0.345 e. The van der Waals surface area contributed by atoms with Crippen molar-refractivity contribution in [3.63, 3.8) is 0 Å². The maximum atomic E-state index is 12.9. The third-order valence-corrected chi connectivity index (χ3v) is 5.86. The molecule has 0 fully saturated rings. The van der Waals surface area contributed by atoms with E-state index in [2.05, 4.69) is 9.98 Å². The van der Waals surface area contributed by atoms with Crippen molar-refractivity contribution >= 4 is 29.6 Å². The Kier molecular flexibility index (Phi) is 8.02. The Bertz CT molecular complexity index is 1610. The van der Waals surface area contributed by atoms with Crippen LogP contribution in [0.15, 0.2) is 127 Å². The summed E-state index contributed by atoms with van der Waals surface area (Å²) in [6.45, 7) is 0. The molecule has 0 aliphatic heterocycles. The van der Waals surface area contributed by atoms with Crippen molar-refractivity contribution in [3.8, 4) is 11.4 Å². The SMILES string of the molecule is O=C(CCC(=Nc1ccccn1)OC(=O)c1ccc(-n2cccc2)cc1)OC(=O)c1ccc(-n2cccc2)cc1. The number of rotatable bonds is 8. The van der Waals surface area contributed by atoms with E-state index in [0.717, 1.165) is 11.4 Å². The number of aliphatic imine (C=N–C) groups is 1. The summed E-state index contributed by atoms with van der Waals surface area (Å²) in [4.78, 5) is 46.2. The van der Waals surface area contributed by atoms with Gasteiger partial charge in [0.2, 0.25) is 5.90 Å². The summed E-state index contributed by atoms with van der Waals surface area (Å²) >= 11 is 0. The molecule has 0 radical (unpaired) electrons. The average molecular weight is 533 g/mol. The highest BCUT2D eigenvalue weighted by molar-refractivity contribution is 6.01. The summed E-state index contributed by atoms with van der Waals surface area (Å²) in [7, 11) is 0. The fourth-order valence-corrected chi connectivity index (χ4v) is 3.82. The van der Waals surface area contributed by atoms with Crippen LogP contribution in [0.1, 0.15) is 33.6 Å². The van der Waals surface area contributed by atoms with Crippen molar-refractivity contribution < 1.29 is 23.9 Å². The minimum atomic E-state index is -0.777. The lowest BCUT2D eigenvalue weighted by atomic mass is 10.2. The molecule has 0 spiro atoms. The molecule has 9 nitrogen and oxygen atoms in total. The summed E-state index contributed by atoms with van der Waals surface area (Å²) in [5.41, 5.74) is 2.30. The largest absolute Gasteiger partial charge is 0.408 e. The van der Waals surface area contributed by atoms with E-state index in [1.54, 1.807) is 72.9 Å². The van der Waals surface area contributed by atoms with Crippen molar-refractivity contribution in [2.45, 2.75) is 12.8 Å². The van der Waals surface area contributed by atoms with E-state index >= 15 is 0 Å². The second kappa shape index (κ2) is 12.3. The van der Waals surface area contributed by atoms with Crippen LogP contribution in [-0.2, 0) is 14.3 Å². The molecule has 3 aromatic heterocycles. The number of ether oxygens (including phenoxy) is 2. The van der Waals surface area contributed by atoms with Crippen LogP contribution < -0.4 is 0 Å². The van der Waals surface area contributed by atoms with Gasteiger partial charge in [0.15, 0.2) is 5.82 Å². The van der Waals surface area contributed by atoms with Crippen LogP contribution in [0.2, 0.25) is 0 Å². The van der Waals surface area contributed by atoms with Gasteiger partial charge in [0.25, 0.3) is 0 Å². The number of hydrogen-bond acceptors (Lipinski definition) is 7. The highest BCUT2D eigenvalue weighted by atomic mass is 16.6. The second-order valence-corrected chi connectivity index (χ2v) is 8.62. The molecule has 0 aliphatic carbocycles. The summed E-state index contributed by atoms with van der Waals surface area (Å²) < 4.78 is 14.3. The fraction of sp³-hybridized carbons (Fsp3) is 0.0645. The molecular formula is C31H24N4O5. The Morgan fingerprint density at radius 1 is 0.625 bits per heavy atom. The minimum Gasteiger partial charge on any atom is -0.408 e. The first-order valence-corrected chi connectivity index (χ1v) is 12.5. The molecule has 0 saturated heterocycles. The number of carbonyl (C=O) groups is 3. The number of pyridine rings is 1. The average Bonchev–Trinajstić information content (AvgIpc) is 3.72. The maximum absolute atomic E-state index is 12.9. The number of benzene rings is 2. The lowest BCUT2D eigenvalue weighted by Gasteiger charge is -2.09. The molecule has 0 saturated carbocycles. The number of hydrogen-bond donors (Lipinski definition) is 0. The van der Waals surface area contributed by atoms with Gasteiger partial charge in [-0.25, -0.2) is 14.6 Å². The van der Waals surface area contributed by atoms with Crippen molar-refractivity contribution in [2.24, 2.45) is 4.99 Å². The predicted octanol–water partition coefficient (Wildman–Crippen LogP) is 5.71. The summed E-state index contributed by atoms with van der Waals surface area (Å²) in [5.74, 6) is -1.91. The quantitative estimate of drug-likeness (QED) is 0.110. The Morgan fingerprint density at radius 2 is 1.15 bits per heavy atom. The molecule has 0 aliphatic rings. The van der Waals surface area contributed by atoms with Crippen LogP contribution in [0.3, 0.4) is 0 Å². The molecule has 5 aromatic rings. The van der Waals surface area contributed by atoms with Crippen LogP contribution in [0.4, 0.5) is 5.82 Å². The van der Waals surface area contributed by atoms with Crippen molar-refractivity contribution in [3.05, 3.63) is 133 Å². The molecule has 5 rings (SSSR count). The van der Waals surface area contributed by atoms with Gasteiger partial charge in [0.05, 0.1) is 17.5 Å². The molecule has 0 bridgehead atoms. The smallest absolute Gasteiger partial charge is 0.345 e. The van der Waals surface area contributed by atoms with E-state index < -0.39 is 17.9 Å². The zero-order valence-electron chi connectivity index (χ0n) is 21.3. The predicted molar refractivity (Wildman–Crippen MR) is 148 cm³/mol. The Balaban J connectivity index is 1.22. The van der Waals surface area contributed by atoms with Gasteiger partial charge in [0.1, 0.15) is 0 Å². The molecule has 0 N–H and O–H groups in total. The minimum absolute atomic E-state index is 0.0290. The first-order valence-electron chi connectivity index (χ1n) is 12.5. The van der Waals surface area contributed by atoms with Crippen LogP contribution in [0, 0.1) is 0 Å².